The summed E-state index contributed by atoms with van der Waals surface area (Å²) in [4.78, 5) is 27.0. The van der Waals surface area contributed by atoms with Gasteiger partial charge in [-0.25, -0.2) is 9.97 Å². The maximum absolute atomic E-state index is 12.5. The smallest absolute Gasteiger partial charge is 0.268 e. The van der Waals surface area contributed by atoms with E-state index in [-0.39, 0.29) is 5.91 Å². The van der Waals surface area contributed by atoms with Gasteiger partial charge >= 0.3 is 0 Å². The monoisotopic (exact) mass is 423 g/mol. The van der Waals surface area contributed by atoms with Gasteiger partial charge in [-0.15, -0.1) is 11.3 Å². The summed E-state index contributed by atoms with van der Waals surface area (Å²) in [6.45, 7) is 5.46. The number of aromatic nitrogens is 4. The van der Waals surface area contributed by atoms with E-state index in [2.05, 4.69) is 30.2 Å². The highest BCUT2D eigenvalue weighted by molar-refractivity contribution is 7.17. The van der Waals surface area contributed by atoms with Crippen LogP contribution in [0.2, 0.25) is 0 Å². The molecule has 0 spiro atoms. The van der Waals surface area contributed by atoms with Crippen LogP contribution >= 0.6 is 11.3 Å². The van der Waals surface area contributed by atoms with Gasteiger partial charge in [-0.2, -0.15) is 5.10 Å². The van der Waals surface area contributed by atoms with Crippen LogP contribution in [-0.2, 0) is 13.6 Å². The zero-order valence-electron chi connectivity index (χ0n) is 17.0. The second-order valence-electron chi connectivity index (χ2n) is 7.98. The molecular formula is C21H25N7OS. The minimum Gasteiger partial charge on any atom is -0.306 e. The number of amides is 1. The summed E-state index contributed by atoms with van der Waals surface area (Å²) in [7, 11) is 1.86. The molecule has 8 nitrogen and oxygen atoms in total. The van der Waals surface area contributed by atoms with Crippen molar-refractivity contribution in [2.24, 2.45) is 7.05 Å². The molecule has 9 heteroatoms. The molecule has 0 radical (unpaired) electrons. The van der Waals surface area contributed by atoms with E-state index in [1.165, 1.54) is 42.8 Å². The molecular weight excluding hydrogens is 398 g/mol. The number of rotatable bonds is 6. The van der Waals surface area contributed by atoms with Crippen molar-refractivity contribution in [2.75, 3.05) is 31.5 Å². The summed E-state index contributed by atoms with van der Waals surface area (Å²) < 4.78 is 1.72. The molecule has 4 heterocycles. The van der Waals surface area contributed by atoms with Crippen LogP contribution in [0.15, 0.2) is 36.9 Å². The Balaban J connectivity index is 1.15. The first kappa shape index (κ1) is 19.3. The van der Waals surface area contributed by atoms with Crippen LogP contribution in [-0.4, -0.2) is 67.7 Å². The Morgan fingerprint density at radius 1 is 1.13 bits per heavy atom. The highest BCUT2D eigenvalue weighted by atomic mass is 32.1. The van der Waals surface area contributed by atoms with E-state index in [0.717, 1.165) is 36.2 Å². The van der Waals surface area contributed by atoms with E-state index in [1.54, 1.807) is 17.1 Å². The van der Waals surface area contributed by atoms with E-state index in [0.29, 0.717) is 10.7 Å². The first-order chi connectivity index (χ1) is 14.6. The lowest BCUT2D eigenvalue weighted by atomic mass is 10.2. The number of thiazole rings is 1. The lowest BCUT2D eigenvalue weighted by Crippen LogP contribution is -2.46. The molecule has 1 aliphatic heterocycles. The summed E-state index contributed by atoms with van der Waals surface area (Å²) in [6.07, 6.45) is 9.83. The lowest BCUT2D eigenvalue weighted by Gasteiger charge is -2.34. The third-order valence-electron chi connectivity index (χ3n) is 5.62. The maximum Gasteiger partial charge on any atom is 0.268 e. The lowest BCUT2D eigenvalue weighted by molar-refractivity contribution is 0.103. The summed E-state index contributed by atoms with van der Waals surface area (Å²) in [5.41, 5.74) is 2.08. The van der Waals surface area contributed by atoms with Crippen molar-refractivity contribution in [1.82, 2.24) is 29.5 Å². The summed E-state index contributed by atoms with van der Waals surface area (Å²) in [6, 6.07) is 4.77. The molecule has 156 valence electrons. The van der Waals surface area contributed by atoms with Gasteiger partial charge in [0.1, 0.15) is 15.7 Å². The molecule has 3 aromatic heterocycles. The predicted molar refractivity (Wildman–Crippen MR) is 116 cm³/mol. The Morgan fingerprint density at radius 2 is 1.97 bits per heavy atom. The van der Waals surface area contributed by atoms with Gasteiger partial charge in [0, 0.05) is 63.8 Å². The first-order valence-corrected chi connectivity index (χ1v) is 11.1. The Kier molecular flexibility index (Phi) is 5.32. The average molecular weight is 424 g/mol. The Morgan fingerprint density at radius 3 is 2.63 bits per heavy atom. The highest BCUT2D eigenvalue weighted by Gasteiger charge is 2.31. The van der Waals surface area contributed by atoms with Gasteiger partial charge in [0.25, 0.3) is 5.91 Å². The SMILES string of the molecule is Cn1cc(-c2ncc(C(=O)Nc3ccc(CN4CCN(C5CC5)CC4)cn3)s2)cn1. The number of aryl methyl sites for hydroxylation is 1. The standard InChI is InChI=1S/C21H25N7OS/c1-26-14-16(11-24-26)21-23-12-18(30-21)20(29)25-19-5-2-15(10-22-19)13-27-6-8-28(9-7-27)17-3-4-17/h2,5,10-12,14,17H,3-4,6-9,13H2,1H3,(H,22,25,29). The Hall–Kier alpha value is -2.62. The van der Waals surface area contributed by atoms with Crippen LogP contribution in [0.4, 0.5) is 5.82 Å². The highest BCUT2D eigenvalue weighted by Crippen LogP contribution is 2.28. The molecule has 1 amide bonds. The largest absolute Gasteiger partial charge is 0.306 e. The van der Waals surface area contributed by atoms with Gasteiger partial charge in [0.2, 0.25) is 0 Å². The normalized spacial score (nSPS) is 17.9. The molecule has 0 bridgehead atoms. The van der Waals surface area contributed by atoms with Gasteiger partial charge < -0.3 is 5.32 Å². The molecule has 1 N–H and O–H groups in total. The fraction of sp³-hybridized carbons (Fsp3) is 0.429. The number of piperazine rings is 1. The van der Waals surface area contributed by atoms with Crippen LogP contribution in [0, 0.1) is 0 Å². The van der Waals surface area contributed by atoms with Crippen LogP contribution in [0.25, 0.3) is 10.6 Å². The molecule has 0 atom stereocenters. The molecule has 2 fully saturated rings. The van der Waals surface area contributed by atoms with Gasteiger partial charge in [-0.05, 0) is 24.5 Å². The minimum atomic E-state index is -0.195. The van der Waals surface area contributed by atoms with Crippen LogP contribution in [0.1, 0.15) is 28.1 Å². The van der Waals surface area contributed by atoms with Crippen molar-refractivity contribution < 1.29 is 4.79 Å². The van der Waals surface area contributed by atoms with E-state index in [4.69, 9.17) is 0 Å². The van der Waals surface area contributed by atoms with Gasteiger partial charge in [0.15, 0.2) is 0 Å². The number of anilines is 1. The number of hydrogen-bond donors (Lipinski definition) is 1. The summed E-state index contributed by atoms with van der Waals surface area (Å²) in [5, 5.41) is 7.79. The van der Waals surface area contributed by atoms with Crippen LogP contribution in [0.5, 0.6) is 0 Å². The number of nitrogens with one attached hydrogen (secondary N) is 1. The Labute approximate surface area is 179 Å². The van der Waals surface area contributed by atoms with Gasteiger partial charge in [-0.3, -0.25) is 19.3 Å². The van der Waals surface area contributed by atoms with E-state index in [9.17, 15) is 4.79 Å². The zero-order valence-corrected chi connectivity index (χ0v) is 17.8. The van der Waals surface area contributed by atoms with Crippen molar-refractivity contribution >= 4 is 23.1 Å². The minimum absolute atomic E-state index is 0.195. The number of nitrogens with zero attached hydrogens (tertiary/aromatic N) is 6. The van der Waals surface area contributed by atoms with E-state index >= 15 is 0 Å². The number of carbonyl (C=O) groups is 1. The van der Waals surface area contributed by atoms with Crippen molar-refractivity contribution in [3.63, 3.8) is 0 Å². The zero-order chi connectivity index (χ0) is 20.5. The molecule has 5 rings (SSSR count). The van der Waals surface area contributed by atoms with Crippen molar-refractivity contribution in [3.8, 4) is 10.6 Å². The predicted octanol–water partition coefficient (Wildman–Crippen LogP) is 2.47. The van der Waals surface area contributed by atoms with Gasteiger partial charge in [-0.1, -0.05) is 6.07 Å². The fourth-order valence-corrected chi connectivity index (χ4v) is 4.58. The van der Waals surface area contributed by atoms with E-state index in [1.807, 2.05) is 31.6 Å². The van der Waals surface area contributed by atoms with Crippen molar-refractivity contribution in [3.05, 3.63) is 47.4 Å². The molecule has 3 aromatic rings. The third-order valence-corrected chi connectivity index (χ3v) is 6.67. The molecule has 1 saturated carbocycles. The summed E-state index contributed by atoms with van der Waals surface area (Å²) in [5.74, 6) is 0.359. The second-order valence-corrected chi connectivity index (χ2v) is 9.01. The number of carbonyl (C=O) groups excluding carboxylic acids is 1. The molecule has 0 aromatic carbocycles. The quantitative estimate of drug-likeness (QED) is 0.656. The summed E-state index contributed by atoms with van der Waals surface area (Å²) >= 11 is 1.34. The van der Waals surface area contributed by atoms with Gasteiger partial charge in [0.05, 0.1) is 12.4 Å². The molecule has 0 unspecified atom stereocenters. The second kappa shape index (κ2) is 8.25. The van der Waals surface area contributed by atoms with Crippen LogP contribution in [0.3, 0.4) is 0 Å². The molecule has 1 saturated heterocycles. The average Bonchev–Trinajstić information content (AvgIpc) is 3.32. The molecule has 30 heavy (non-hydrogen) atoms. The van der Waals surface area contributed by atoms with Crippen molar-refractivity contribution in [2.45, 2.75) is 25.4 Å². The maximum atomic E-state index is 12.5. The first-order valence-electron chi connectivity index (χ1n) is 10.3. The molecule has 2 aliphatic rings. The molecule has 1 aliphatic carbocycles. The van der Waals surface area contributed by atoms with Crippen molar-refractivity contribution in [1.29, 1.82) is 0 Å². The Bertz CT molecular complexity index is 1020. The fourth-order valence-electron chi connectivity index (χ4n) is 3.80. The van der Waals surface area contributed by atoms with Crippen LogP contribution < -0.4 is 5.32 Å². The number of hydrogen-bond acceptors (Lipinski definition) is 7. The van der Waals surface area contributed by atoms with E-state index < -0.39 is 0 Å². The topological polar surface area (TPSA) is 79.2 Å². The number of pyridine rings is 1. The third kappa shape index (κ3) is 4.43.